The van der Waals surface area contributed by atoms with Gasteiger partial charge in [0.25, 0.3) is 5.91 Å². The molecule has 1 amide bonds. The van der Waals surface area contributed by atoms with E-state index in [4.69, 9.17) is 11.6 Å². The Bertz CT molecular complexity index is 953. The molecule has 0 aliphatic carbocycles. The van der Waals surface area contributed by atoms with Gasteiger partial charge in [-0.3, -0.25) is 4.79 Å². The molecule has 0 saturated heterocycles. The zero-order valence-corrected chi connectivity index (χ0v) is 16.9. The number of benzene rings is 3. The quantitative estimate of drug-likeness (QED) is 0.606. The van der Waals surface area contributed by atoms with Gasteiger partial charge in [-0.05, 0) is 84.6 Å². The largest absolute Gasteiger partial charge is 0.322 e. The number of nitrogens with one attached hydrogen (secondary N) is 2. The van der Waals surface area contributed by atoms with Crippen molar-refractivity contribution in [1.29, 1.82) is 0 Å². The van der Waals surface area contributed by atoms with Crippen LogP contribution in [0.4, 0.5) is 5.69 Å². The molecule has 0 fully saturated rings. The van der Waals surface area contributed by atoms with Crippen molar-refractivity contribution in [2.45, 2.75) is 12.8 Å². The Hall–Kier alpha value is -2.33. The summed E-state index contributed by atoms with van der Waals surface area (Å²) in [6, 6.07) is 21.5. The van der Waals surface area contributed by atoms with Crippen LogP contribution in [0.1, 0.15) is 21.5 Å². The third-order valence-corrected chi connectivity index (χ3v) is 5.18. The number of carbonyl (C=O) groups excluding carboxylic acids is 1. The van der Waals surface area contributed by atoms with Crippen LogP contribution < -0.4 is 10.6 Å². The predicted molar refractivity (Wildman–Crippen MR) is 119 cm³/mol. The third kappa shape index (κ3) is 4.74. The van der Waals surface area contributed by atoms with E-state index in [0.717, 1.165) is 42.7 Å². The summed E-state index contributed by atoms with van der Waals surface area (Å²) in [7, 11) is 0. The van der Waals surface area contributed by atoms with E-state index >= 15 is 0 Å². The number of rotatable bonds is 3. The topological polar surface area (TPSA) is 41.1 Å². The molecule has 1 aliphatic heterocycles. The molecule has 3 nitrogen and oxygen atoms in total. The Morgan fingerprint density at radius 3 is 2.11 bits per heavy atom. The van der Waals surface area contributed by atoms with Gasteiger partial charge in [0.1, 0.15) is 0 Å². The van der Waals surface area contributed by atoms with Crippen molar-refractivity contribution in [2.75, 3.05) is 18.4 Å². The maximum absolute atomic E-state index is 12.6. The third-order valence-electron chi connectivity index (χ3n) is 4.93. The molecule has 0 unspecified atom stereocenters. The fourth-order valence-corrected chi connectivity index (χ4v) is 3.54. The van der Waals surface area contributed by atoms with Gasteiger partial charge in [-0.2, -0.15) is 0 Å². The smallest absolute Gasteiger partial charge is 0.255 e. The molecule has 0 saturated carbocycles. The first-order valence-electron chi connectivity index (χ1n) is 9.19. The molecule has 2 N–H and O–H groups in total. The molecular formula is C23H22Cl2N2O. The van der Waals surface area contributed by atoms with Crippen molar-refractivity contribution in [2.24, 2.45) is 0 Å². The van der Waals surface area contributed by atoms with E-state index in [-0.39, 0.29) is 18.3 Å². The number of fused-ring (bicyclic) bond motifs is 1. The van der Waals surface area contributed by atoms with Gasteiger partial charge in [-0.15, -0.1) is 12.4 Å². The minimum atomic E-state index is -0.0932. The molecule has 5 heteroatoms. The van der Waals surface area contributed by atoms with E-state index in [1.165, 1.54) is 11.1 Å². The molecule has 3 aromatic carbocycles. The van der Waals surface area contributed by atoms with Crippen molar-refractivity contribution in [3.63, 3.8) is 0 Å². The number of hydrogen-bond acceptors (Lipinski definition) is 2. The van der Waals surface area contributed by atoms with Crippen LogP contribution in [0.2, 0.25) is 5.02 Å². The lowest BCUT2D eigenvalue weighted by atomic mass is 10.0. The number of amides is 1. The van der Waals surface area contributed by atoms with Crippen molar-refractivity contribution in [3.8, 4) is 11.1 Å². The van der Waals surface area contributed by atoms with Crippen molar-refractivity contribution in [3.05, 3.63) is 88.4 Å². The van der Waals surface area contributed by atoms with E-state index in [2.05, 4.69) is 22.8 Å². The number of anilines is 1. The highest BCUT2D eigenvalue weighted by Gasteiger charge is 2.11. The van der Waals surface area contributed by atoms with Gasteiger partial charge in [-0.1, -0.05) is 41.9 Å². The predicted octanol–water partition coefficient (Wildman–Crippen LogP) is 5.37. The maximum atomic E-state index is 12.6. The minimum Gasteiger partial charge on any atom is -0.322 e. The van der Waals surface area contributed by atoms with Gasteiger partial charge >= 0.3 is 0 Å². The van der Waals surface area contributed by atoms with Gasteiger partial charge in [0.2, 0.25) is 0 Å². The van der Waals surface area contributed by atoms with E-state index < -0.39 is 0 Å². The normalized spacial score (nSPS) is 13.0. The van der Waals surface area contributed by atoms with E-state index in [1.807, 2.05) is 54.6 Å². The van der Waals surface area contributed by atoms with Crippen molar-refractivity contribution >= 4 is 35.6 Å². The summed E-state index contributed by atoms with van der Waals surface area (Å²) in [4.78, 5) is 12.6. The second-order valence-electron chi connectivity index (χ2n) is 6.77. The van der Waals surface area contributed by atoms with Crippen LogP contribution >= 0.6 is 24.0 Å². The molecule has 0 atom stereocenters. The molecule has 144 valence electrons. The molecule has 0 bridgehead atoms. The van der Waals surface area contributed by atoms with Gasteiger partial charge in [-0.25, -0.2) is 0 Å². The Balaban J connectivity index is 0.00000225. The SMILES string of the molecule is Cl.O=C(Nc1ccc2c(c1)CCNCC2)c1ccc(-c2ccc(Cl)cc2)cc1. The monoisotopic (exact) mass is 412 g/mol. The van der Waals surface area contributed by atoms with Crippen molar-refractivity contribution in [1.82, 2.24) is 5.32 Å². The zero-order valence-electron chi connectivity index (χ0n) is 15.4. The Morgan fingerprint density at radius 2 is 1.43 bits per heavy atom. The molecule has 1 heterocycles. The molecular weight excluding hydrogens is 391 g/mol. The van der Waals surface area contributed by atoms with Crippen LogP contribution in [-0.2, 0) is 12.8 Å². The lowest BCUT2D eigenvalue weighted by Gasteiger charge is -2.10. The van der Waals surface area contributed by atoms with Crippen LogP contribution in [-0.4, -0.2) is 19.0 Å². The molecule has 0 radical (unpaired) electrons. The summed E-state index contributed by atoms with van der Waals surface area (Å²) >= 11 is 5.94. The van der Waals surface area contributed by atoms with Crippen molar-refractivity contribution < 1.29 is 4.79 Å². The highest BCUT2D eigenvalue weighted by atomic mass is 35.5. The van der Waals surface area contributed by atoms with Crippen LogP contribution in [0.5, 0.6) is 0 Å². The lowest BCUT2D eigenvalue weighted by molar-refractivity contribution is 0.102. The first kappa shape index (κ1) is 20.4. The van der Waals surface area contributed by atoms with Crippen LogP contribution in [0.3, 0.4) is 0 Å². The van der Waals surface area contributed by atoms with Gasteiger partial charge in [0.05, 0.1) is 0 Å². The average Bonchev–Trinajstić information content (AvgIpc) is 2.94. The highest BCUT2D eigenvalue weighted by Crippen LogP contribution is 2.23. The summed E-state index contributed by atoms with van der Waals surface area (Å²) in [6.07, 6.45) is 2.03. The number of hydrogen-bond donors (Lipinski definition) is 2. The van der Waals surface area contributed by atoms with Gasteiger partial charge in [0.15, 0.2) is 0 Å². The second kappa shape index (κ2) is 9.24. The Labute approximate surface area is 176 Å². The molecule has 28 heavy (non-hydrogen) atoms. The number of carbonyl (C=O) groups is 1. The lowest BCUT2D eigenvalue weighted by Crippen LogP contribution is -2.16. The van der Waals surface area contributed by atoms with Crippen LogP contribution in [0.25, 0.3) is 11.1 Å². The summed E-state index contributed by atoms with van der Waals surface area (Å²) < 4.78 is 0. The van der Waals surface area contributed by atoms with E-state index in [9.17, 15) is 4.79 Å². The molecule has 3 aromatic rings. The molecule has 1 aliphatic rings. The number of halogens is 2. The Morgan fingerprint density at radius 1 is 0.821 bits per heavy atom. The van der Waals surface area contributed by atoms with Gasteiger partial charge < -0.3 is 10.6 Å². The molecule has 0 aromatic heterocycles. The fourth-order valence-electron chi connectivity index (χ4n) is 3.41. The molecule has 0 spiro atoms. The zero-order chi connectivity index (χ0) is 18.6. The van der Waals surface area contributed by atoms with Crippen LogP contribution in [0, 0.1) is 0 Å². The summed E-state index contributed by atoms with van der Waals surface area (Å²) in [5.74, 6) is -0.0932. The summed E-state index contributed by atoms with van der Waals surface area (Å²) in [5, 5.41) is 7.14. The first-order valence-corrected chi connectivity index (χ1v) is 9.57. The van der Waals surface area contributed by atoms with Gasteiger partial charge in [0, 0.05) is 16.3 Å². The summed E-state index contributed by atoms with van der Waals surface area (Å²) in [6.45, 7) is 2.00. The van der Waals surface area contributed by atoms with E-state index in [0.29, 0.717) is 10.6 Å². The van der Waals surface area contributed by atoms with Crippen LogP contribution in [0.15, 0.2) is 66.7 Å². The maximum Gasteiger partial charge on any atom is 0.255 e. The fraction of sp³-hybridized carbons (Fsp3) is 0.174. The Kier molecular flexibility index (Phi) is 6.74. The van der Waals surface area contributed by atoms with E-state index in [1.54, 1.807) is 0 Å². The first-order chi connectivity index (χ1) is 13.2. The second-order valence-corrected chi connectivity index (χ2v) is 7.21. The average molecular weight is 413 g/mol. The minimum absolute atomic E-state index is 0. The summed E-state index contributed by atoms with van der Waals surface area (Å²) in [5.41, 5.74) is 6.31. The highest BCUT2D eigenvalue weighted by molar-refractivity contribution is 6.30. The standard InChI is InChI=1S/C23H21ClN2O.ClH/c24-21-8-5-17(6-9-21)16-1-3-19(4-2-16)23(27)26-22-10-7-18-11-13-25-14-12-20(18)15-22;/h1-10,15,25H,11-14H2,(H,26,27);1H. The molecule has 4 rings (SSSR count).